The molecular formula is C12H13F3O4. The van der Waals surface area contributed by atoms with Crippen molar-refractivity contribution >= 4 is 0 Å². The average Bonchev–Trinajstić information content (AvgIpc) is 2.37. The Morgan fingerprint density at radius 3 is 2.74 bits per heavy atom. The van der Waals surface area contributed by atoms with Crippen molar-refractivity contribution in [1.29, 1.82) is 0 Å². The molecule has 1 aliphatic rings. The summed E-state index contributed by atoms with van der Waals surface area (Å²) in [7, 11) is 0. The summed E-state index contributed by atoms with van der Waals surface area (Å²) in [5, 5.41) is 10.0. The number of alkyl halides is 3. The molecule has 106 valence electrons. The van der Waals surface area contributed by atoms with Crippen LogP contribution in [0, 0.1) is 0 Å². The van der Waals surface area contributed by atoms with Gasteiger partial charge in [-0.05, 0) is 17.7 Å². The molecule has 4 nitrogen and oxygen atoms in total. The molecule has 1 aromatic rings. The largest absolute Gasteiger partial charge is 0.573 e. The number of halogens is 3. The van der Waals surface area contributed by atoms with Gasteiger partial charge in [0.05, 0.1) is 19.8 Å². The van der Waals surface area contributed by atoms with E-state index in [0.29, 0.717) is 13.2 Å². The third-order valence-corrected chi connectivity index (χ3v) is 2.63. The number of benzene rings is 1. The standard InChI is InChI=1S/C12H13F3O4/c13-12(14,15)19-9-3-1-2-8(6-9)11(16)10-7-17-4-5-18-10/h1-3,6,10-11,16H,4-5,7H2. The van der Waals surface area contributed by atoms with Crippen molar-refractivity contribution in [2.24, 2.45) is 0 Å². The lowest BCUT2D eigenvalue weighted by Gasteiger charge is -2.27. The molecule has 0 aliphatic carbocycles. The molecule has 0 radical (unpaired) electrons. The molecule has 1 saturated heterocycles. The van der Waals surface area contributed by atoms with Crippen LogP contribution in [0.2, 0.25) is 0 Å². The maximum Gasteiger partial charge on any atom is 0.573 e. The zero-order valence-electron chi connectivity index (χ0n) is 9.89. The van der Waals surface area contributed by atoms with Crippen LogP contribution in [-0.2, 0) is 9.47 Å². The molecule has 1 aliphatic heterocycles. The molecule has 1 aromatic carbocycles. The van der Waals surface area contributed by atoms with Crippen LogP contribution < -0.4 is 4.74 Å². The van der Waals surface area contributed by atoms with Gasteiger partial charge in [0.25, 0.3) is 0 Å². The van der Waals surface area contributed by atoms with E-state index in [-0.39, 0.29) is 17.9 Å². The van der Waals surface area contributed by atoms with Gasteiger partial charge in [-0.25, -0.2) is 0 Å². The van der Waals surface area contributed by atoms with Gasteiger partial charge in [0.1, 0.15) is 18.0 Å². The lowest BCUT2D eigenvalue weighted by atomic mass is 10.0. The van der Waals surface area contributed by atoms with E-state index in [9.17, 15) is 18.3 Å². The van der Waals surface area contributed by atoms with Gasteiger partial charge < -0.3 is 19.3 Å². The molecule has 2 unspecified atom stereocenters. The Labute approximate surface area is 107 Å². The molecule has 0 bridgehead atoms. The van der Waals surface area contributed by atoms with E-state index in [1.165, 1.54) is 18.2 Å². The van der Waals surface area contributed by atoms with Crippen molar-refractivity contribution in [2.45, 2.75) is 18.6 Å². The second-order valence-electron chi connectivity index (χ2n) is 4.05. The molecule has 1 fully saturated rings. The zero-order valence-corrected chi connectivity index (χ0v) is 9.89. The highest BCUT2D eigenvalue weighted by atomic mass is 19.4. The van der Waals surface area contributed by atoms with Gasteiger partial charge in [-0.2, -0.15) is 0 Å². The van der Waals surface area contributed by atoms with Gasteiger partial charge in [-0.1, -0.05) is 12.1 Å². The van der Waals surface area contributed by atoms with Gasteiger partial charge in [0.15, 0.2) is 0 Å². The normalized spacial score (nSPS) is 22.0. The van der Waals surface area contributed by atoms with Crippen LogP contribution in [0.5, 0.6) is 5.75 Å². The van der Waals surface area contributed by atoms with Crippen molar-refractivity contribution in [3.63, 3.8) is 0 Å². The molecule has 0 aromatic heterocycles. The van der Waals surface area contributed by atoms with Crippen molar-refractivity contribution in [3.05, 3.63) is 29.8 Å². The first-order valence-corrected chi connectivity index (χ1v) is 5.69. The van der Waals surface area contributed by atoms with Crippen LogP contribution in [0.15, 0.2) is 24.3 Å². The summed E-state index contributed by atoms with van der Waals surface area (Å²) in [5.74, 6) is -0.374. The molecule has 2 rings (SSSR count). The molecule has 1 N–H and O–H groups in total. The van der Waals surface area contributed by atoms with Crippen molar-refractivity contribution < 1.29 is 32.5 Å². The minimum absolute atomic E-state index is 0.200. The van der Waals surface area contributed by atoms with Gasteiger partial charge in [-0.15, -0.1) is 13.2 Å². The molecule has 0 amide bonds. The topological polar surface area (TPSA) is 47.9 Å². The second kappa shape index (κ2) is 5.77. The number of aliphatic hydroxyl groups is 1. The van der Waals surface area contributed by atoms with Crippen molar-refractivity contribution in [3.8, 4) is 5.75 Å². The fraction of sp³-hybridized carbons (Fsp3) is 0.500. The van der Waals surface area contributed by atoms with E-state index in [0.717, 1.165) is 6.07 Å². The van der Waals surface area contributed by atoms with Gasteiger partial charge in [-0.3, -0.25) is 0 Å². The smallest absolute Gasteiger partial charge is 0.406 e. The maximum atomic E-state index is 12.1. The van der Waals surface area contributed by atoms with Crippen molar-refractivity contribution in [1.82, 2.24) is 0 Å². The summed E-state index contributed by atoms with van der Waals surface area (Å²) in [6.07, 6.45) is -6.40. The predicted molar refractivity (Wildman–Crippen MR) is 58.6 cm³/mol. The Hall–Kier alpha value is -1.31. The Kier molecular flexibility index (Phi) is 4.28. The van der Waals surface area contributed by atoms with E-state index >= 15 is 0 Å². The van der Waals surface area contributed by atoms with E-state index in [2.05, 4.69) is 4.74 Å². The van der Waals surface area contributed by atoms with Crippen LogP contribution in [0.25, 0.3) is 0 Å². The minimum atomic E-state index is -4.76. The van der Waals surface area contributed by atoms with E-state index in [4.69, 9.17) is 9.47 Å². The minimum Gasteiger partial charge on any atom is -0.406 e. The Morgan fingerprint density at radius 2 is 2.11 bits per heavy atom. The Balaban J connectivity index is 2.09. The zero-order chi connectivity index (χ0) is 13.9. The second-order valence-corrected chi connectivity index (χ2v) is 4.05. The van der Waals surface area contributed by atoms with Crippen LogP contribution in [0.3, 0.4) is 0 Å². The first kappa shape index (κ1) is 14.1. The Morgan fingerprint density at radius 1 is 1.32 bits per heavy atom. The van der Waals surface area contributed by atoms with E-state index < -0.39 is 18.6 Å². The highest BCUT2D eigenvalue weighted by Crippen LogP contribution is 2.28. The van der Waals surface area contributed by atoms with Crippen LogP contribution >= 0.6 is 0 Å². The number of hydrogen-bond donors (Lipinski definition) is 1. The number of ether oxygens (including phenoxy) is 3. The van der Waals surface area contributed by atoms with Gasteiger partial charge in [0.2, 0.25) is 0 Å². The monoisotopic (exact) mass is 278 g/mol. The van der Waals surface area contributed by atoms with Crippen LogP contribution in [-0.4, -0.2) is 37.4 Å². The summed E-state index contributed by atoms with van der Waals surface area (Å²) in [6.45, 7) is 0.992. The quantitative estimate of drug-likeness (QED) is 0.919. The third-order valence-electron chi connectivity index (χ3n) is 2.63. The fourth-order valence-corrected chi connectivity index (χ4v) is 1.80. The molecule has 19 heavy (non-hydrogen) atoms. The molecule has 0 saturated carbocycles. The number of aliphatic hydroxyl groups excluding tert-OH is 1. The van der Waals surface area contributed by atoms with E-state index in [1.54, 1.807) is 0 Å². The summed E-state index contributed by atoms with van der Waals surface area (Å²) >= 11 is 0. The molecule has 1 heterocycles. The first-order chi connectivity index (χ1) is 8.96. The van der Waals surface area contributed by atoms with E-state index in [1.807, 2.05) is 0 Å². The van der Waals surface area contributed by atoms with Gasteiger partial charge >= 0.3 is 6.36 Å². The maximum absolute atomic E-state index is 12.1. The number of hydrogen-bond acceptors (Lipinski definition) is 4. The summed E-state index contributed by atoms with van der Waals surface area (Å²) < 4.78 is 50.5. The fourth-order valence-electron chi connectivity index (χ4n) is 1.80. The van der Waals surface area contributed by atoms with Crippen LogP contribution in [0.4, 0.5) is 13.2 Å². The Bertz CT molecular complexity index is 416. The lowest BCUT2D eigenvalue weighted by molar-refractivity contribution is -0.274. The average molecular weight is 278 g/mol. The third kappa shape index (κ3) is 4.09. The highest BCUT2D eigenvalue weighted by Gasteiger charge is 2.31. The molecule has 0 spiro atoms. The SMILES string of the molecule is OC(c1cccc(OC(F)(F)F)c1)C1COCCO1. The molecular weight excluding hydrogens is 265 g/mol. The summed E-state index contributed by atoms with van der Waals surface area (Å²) in [6, 6.07) is 5.19. The molecule has 2 atom stereocenters. The molecule has 7 heteroatoms. The summed E-state index contributed by atoms with van der Waals surface area (Å²) in [4.78, 5) is 0. The van der Waals surface area contributed by atoms with Gasteiger partial charge in [0, 0.05) is 0 Å². The van der Waals surface area contributed by atoms with Crippen molar-refractivity contribution in [2.75, 3.05) is 19.8 Å². The summed E-state index contributed by atoms with van der Waals surface area (Å²) in [5.41, 5.74) is 0.289. The number of rotatable bonds is 3. The highest BCUT2D eigenvalue weighted by molar-refractivity contribution is 5.30. The van der Waals surface area contributed by atoms with Crippen LogP contribution in [0.1, 0.15) is 11.7 Å². The lowest BCUT2D eigenvalue weighted by Crippen LogP contribution is -2.33. The predicted octanol–water partition coefficient (Wildman–Crippen LogP) is 2.03. The first-order valence-electron chi connectivity index (χ1n) is 5.69.